The van der Waals surface area contributed by atoms with Gasteiger partial charge in [-0.3, -0.25) is 0 Å². The number of halogens is 1. The molecule has 8 heteroatoms. The number of aliphatic imine (C=N–C) groups is 1. The van der Waals surface area contributed by atoms with Crippen LogP contribution in [0, 0.1) is 0 Å². The Bertz CT molecular complexity index is 825. The van der Waals surface area contributed by atoms with Crippen molar-refractivity contribution in [1.82, 2.24) is 16.0 Å². The minimum Gasteiger partial charge on any atom is -0.496 e. The molecule has 0 aliphatic carbocycles. The number of anilines is 1. The quantitative estimate of drug-likeness (QED) is 0.219. The summed E-state index contributed by atoms with van der Waals surface area (Å²) < 4.78 is 5.40. The van der Waals surface area contributed by atoms with Crippen molar-refractivity contribution in [3.8, 4) is 5.75 Å². The lowest BCUT2D eigenvalue weighted by molar-refractivity contribution is 0.250. The topological polar surface area (TPSA) is 86.8 Å². The van der Waals surface area contributed by atoms with Crippen LogP contribution in [0.5, 0.6) is 5.75 Å². The van der Waals surface area contributed by atoms with Gasteiger partial charge in [0.1, 0.15) is 5.75 Å². The second-order valence-corrected chi connectivity index (χ2v) is 7.13. The average molecular weight is 539 g/mol. The van der Waals surface area contributed by atoms with Gasteiger partial charge in [-0.25, -0.2) is 9.79 Å². The first-order valence-corrected chi connectivity index (χ1v) is 10.3. The van der Waals surface area contributed by atoms with E-state index in [-0.39, 0.29) is 36.0 Å². The van der Waals surface area contributed by atoms with Gasteiger partial charge in [-0.1, -0.05) is 30.3 Å². The SMILES string of the molecule is CCNC(=NCc1ccc(NC(=O)NC(C)C)cc1)NCCc1ccccc1OC.I. The first kappa shape index (κ1) is 26.5. The first-order chi connectivity index (χ1) is 14.5. The Hall–Kier alpha value is -2.49. The second-order valence-electron chi connectivity index (χ2n) is 7.13. The highest BCUT2D eigenvalue weighted by molar-refractivity contribution is 14.0. The molecule has 31 heavy (non-hydrogen) atoms. The van der Waals surface area contributed by atoms with Crippen LogP contribution in [0.25, 0.3) is 0 Å². The molecule has 2 aromatic carbocycles. The number of hydrogen-bond acceptors (Lipinski definition) is 3. The summed E-state index contributed by atoms with van der Waals surface area (Å²) in [4.78, 5) is 16.4. The first-order valence-electron chi connectivity index (χ1n) is 10.3. The number of methoxy groups -OCH3 is 1. The van der Waals surface area contributed by atoms with Crippen LogP contribution in [0.3, 0.4) is 0 Å². The predicted octanol–water partition coefficient (Wildman–Crippen LogP) is 4.14. The van der Waals surface area contributed by atoms with Crippen molar-refractivity contribution in [2.75, 3.05) is 25.5 Å². The smallest absolute Gasteiger partial charge is 0.319 e. The molecule has 0 aliphatic heterocycles. The zero-order chi connectivity index (χ0) is 21.8. The summed E-state index contributed by atoms with van der Waals surface area (Å²) in [5, 5.41) is 12.2. The second kappa shape index (κ2) is 14.5. The van der Waals surface area contributed by atoms with E-state index in [0.717, 1.165) is 48.0 Å². The Balaban J connectivity index is 0.00000480. The highest BCUT2D eigenvalue weighted by atomic mass is 127. The fourth-order valence-electron chi connectivity index (χ4n) is 2.86. The summed E-state index contributed by atoms with van der Waals surface area (Å²) in [6.45, 7) is 7.97. The van der Waals surface area contributed by atoms with Crippen LogP contribution >= 0.6 is 24.0 Å². The van der Waals surface area contributed by atoms with Crippen molar-refractivity contribution in [1.29, 1.82) is 0 Å². The van der Waals surface area contributed by atoms with Crippen molar-refractivity contribution < 1.29 is 9.53 Å². The van der Waals surface area contributed by atoms with E-state index >= 15 is 0 Å². The Labute approximate surface area is 202 Å². The molecule has 2 aromatic rings. The van der Waals surface area contributed by atoms with E-state index in [1.807, 2.05) is 63.2 Å². The lowest BCUT2D eigenvalue weighted by atomic mass is 10.1. The molecular formula is C23H34IN5O2. The van der Waals surface area contributed by atoms with Crippen molar-refractivity contribution >= 4 is 41.7 Å². The molecule has 0 spiro atoms. The highest BCUT2D eigenvalue weighted by Crippen LogP contribution is 2.17. The van der Waals surface area contributed by atoms with Gasteiger partial charge in [-0.2, -0.15) is 0 Å². The minimum absolute atomic E-state index is 0. The number of ether oxygens (including phenoxy) is 1. The van der Waals surface area contributed by atoms with Crippen molar-refractivity contribution in [3.05, 3.63) is 59.7 Å². The number of nitrogens with one attached hydrogen (secondary N) is 4. The summed E-state index contributed by atoms with van der Waals surface area (Å²) >= 11 is 0. The number of nitrogens with zero attached hydrogens (tertiary/aromatic N) is 1. The number of carbonyl (C=O) groups is 1. The summed E-state index contributed by atoms with van der Waals surface area (Å²) in [6, 6.07) is 15.6. The molecule has 2 amide bonds. The van der Waals surface area contributed by atoms with Crippen LogP contribution in [0.2, 0.25) is 0 Å². The number of rotatable bonds is 9. The lowest BCUT2D eigenvalue weighted by Gasteiger charge is -2.13. The van der Waals surface area contributed by atoms with Crippen LogP contribution in [0.4, 0.5) is 10.5 Å². The Morgan fingerprint density at radius 3 is 2.42 bits per heavy atom. The number of urea groups is 1. The molecular weight excluding hydrogens is 505 g/mol. The summed E-state index contributed by atoms with van der Waals surface area (Å²) in [5.41, 5.74) is 2.97. The summed E-state index contributed by atoms with van der Waals surface area (Å²) in [6.07, 6.45) is 0.841. The van der Waals surface area contributed by atoms with Crippen LogP contribution in [0.1, 0.15) is 31.9 Å². The van der Waals surface area contributed by atoms with Gasteiger partial charge in [0.15, 0.2) is 5.96 Å². The predicted molar refractivity (Wildman–Crippen MR) is 139 cm³/mol. The lowest BCUT2D eigenvalue weighted by Crippen LogP contribution is -2.38. The zero-order valence-electron chi connectivity index (χ0n) is 18.7. The van der Waals surface area contributed by atoms with E-state index in [0.29, 0.717) is 6.54 Å². The van der Waals surface area contributed by atoms with E-state index < -0.39 is 0 Å². The van der Waals surface area contributed by atoms with E-state index in [9.17, 15) is 4.79 Å². The third kappa shape index (κ3) is 9.91. The van der Waals surface area contributed by atoms with Gasteiger partial charge in [0.05, 0.1) is 13.7 Å². The molecule has 0 unspecified atom stereocenters. The molecule has 0 radical (unpaired) electrons. The average Bonchev–Trinajstić information content (AvgIpc) is 2.72. The summed E-state index contributed by atoms with van der Waals surface area (Å²) in [5.74, 6) is 1.67. The number of benzene rings is 2. The highest BCUT2D eigenvalue weighted by Gasteiger charge is 2.04. The minimum atomic E-state index is -0.204. The number of para-hydroxylation sites is 1. The Morgan fingerprint density at radius 2 is 1.77 bits per heavy atom. The van der Waals surface area contributed by atoms with Gasteiger partial charge >= 0.3 is 6.03 Å². The van der Waals surface area contributed by atoms with Gasteiger partial charge in [0, 0.05) is 24.8 Å². The maximum atomic E-state index is 11.8. The third-order valence-electron chi connectivity index (χ3n) is 4.27. The molecule has 4 N–H and O–H groups in total. The van der Waals surface area contributed by atoms with Gasteiger partial charge < -0.3 is 26.0 Å². The van der Waals surface area contributed by atoms with E-state index in [4.69, 9.17) is 4.74 Å². The van der Waals surface area contributed by atoms with Gasteiger partial charge in [-0.05, 0) is 56.5 Å². The van der Waals surface area contributed by atoms with Crippen molar-refractivity contribution in [3.63, 3.8) is 0 Å². The van der Waals surface area contributed by atoms with Crippen molar-refractivity contribution in [2.45, 2.75) is 39.8 Å². The van der Waals surface area contributed by atoms with Crippen molar-refractivity contribution in [2.24, 2.45) is 4.99 Å². The molecule has 7 nitrogen and oxygen atoms in total. The van der Waals surface area contributed by atoms with Gasteiger partial charge in [0.25, 0.3) is 0 Å². The molecule has 0 aromatic heterocycles. The fourth-order valence-corrected chi connectivity index (χ4v) is 2.86. The van der Waals surface area contributed by atoms with Gasteiger partial charge in [0.2, 0.25) is 0 Å². The number of carbonyl (C=O) groups excluding carboxylic acids is 1. The fraction of sp³-hybridized carbons (Fsp3) is 0.391. The Morgan fingerprint density at radius 1 is 1.06 bits per heavy atom. The molecule has 2 rings (SSSR count). The van der Waals surface area contributed by atoms with E-state index in [1.165, 1.54) is 0 Å². The number of guanidine groups is 1. The third-order valence-corrected chi connectivity index (χ3v) is 4.27. The molecule has 0 aliphatic rings. The van der Waals surface area contributed by atoms with E-state index in [1.54, 1.807) is 7.11 Å². The van der Waals surface area contributed by atoms with E-state index in [2.05, 4.69) is 32.3 Å². The maximum Gasteiger partial charge on any atom is 0.319 e. The van der Waals surface area contributed by atoms with Crippen LogP contribution in [0.15, 0.2) is 53.5 Å². The zero-order valence-corrected chi connectivity index (χ0v) is 21.0. The monoisotopic (exact) mass is 539 g/mol. The standard InChI is InChI=1S/C23H33N5O2.HI/c1-5-24-22(25-15-14-19-8-6-7-9-21(19)30-4)26-16-18-10-12-20(13-11-18)28-23(29)27-17(2)3;/h6-13,17H,5,14-16H2,1-4H3,(H2,24,25,26)(H2,27,28,29);1H. The molecule has 0 saturated heterocycles. The van der Waals surface area contributed by atoms with Gasteiger partial charge in [-0.15, -0.1) is 24.0 Å². The molecule has 0 atom stereocenters. The molecule has 0 saturated carbocycles. The molecule has 0 fully saturated rings. The van der Waals surface area contributed by atoms with Crippen LogP contribution in [-0.2, 0) is 13.0 Å². The normalized spacial score (nSPS) is 10.8. The molecule has 0 bridgehead atoms. The van der Waals surface area contributed by atoms with Crippen LogP contribution in [-0.4, -0.2) is 38.2 Å². The largest absolute Gasteiger partial charge is 0.496 e. The van der Waals surface area contributed by atoms with Crippen LogP contribution < -0.4 is 26.0 Å². The number of hydrogen-bond donors (Lipinski definition) is 4. The number of amides is 2. The Kier molecular flexibility index (Phi) is 12.4. The summed E-state index contributed by atoms with van der Waals surface area (Å²) in [7, 11) is 1.69. The molecule has 170 valence electrons. The maximum absolute atomic E-state index is 11.8. The molecule has 0 heterocycles.